The van der Waals surface area contributed by atoms with Gasteiger partial charge in [0.1, 0.15) is 11.4 Å². The van der Waals surface area contributed by atoms with Gasteiger partial charge in [0.05, 0.1) is 5.56 Å². The van der Waals surface area contributed by atoms with Gasteiger partial charge in [-0.15, -0.1) is 0 Å². The van der Waals surface area contributed by atoms with Crippen LogP contribution in [0.15, 0.2) is 22.9 Å². The molecule has 4 nitrogen and oxygen atoms in total. The van der Waals surface area contributed by atoms with Crippen molar-refractivity contribution in [3.8, 4) is 11.4 Å². The lowest BCUT2D eigenvalue weighted by molar-refractivity contribution is 0.112. The van der Waals surface area contributed by atoms with E-state index in [0.29, 0.717) is 16.3 Å². The van der Waals surface area contributed by atoms with Gasteiger partial charge in [0.25, 0.3) is 0 Å². The minimum Gasteiger partial charge on any atom is -0.298 e. The van der Waals surface area contributed by atoms with Gasteiger partial charge in [-0.3, -0.25) is 14.5 Å². The van der Waals surface area contributed by atoms with Crippen molar-refractivity contribution in [2.24, 2.45) is 0 Å². The first-order chi connectivity index (χ1) is 9.06. The van der Waals surface area contributed by atoms with Gasteiger partial charge >= 0.3 is 0 Å². The first-order valence-corrected chi connectivity index (χ1v) is 6.71. The van der Waals surface area contributed by atoms with E-state index < -0.39 is 5.82 Å². The summed E-state index contributed by atoms with van der Waals surface area (Å²) in [5.41, 5.74) is 0.710. The van der Waals surface area contributed by atoms with Gasteiger partial charge in [-0.2, -0.15) is 5.10 Å². The molecule has 0 N–H and O–H groups in total. The molecule has 0 saturated heterocycles. The highest BCUT2D eigenvalue weighted by atomic mass is 79.9. The third kappa shape index (κ3) is 2.73. The average molecular weight is 326 g/mol. The first-order valence-electron chi connectivity index (χ1n) is 5.92. The molecule has 2 aromatic rings. The Morgan fingerprint density at radius 1 is 1.53 bits per heavy atom. The molecule has 0 radical (unpaired) electrons. The number of carbonyl (C=O) groups excluding carboxylic acids is 1. The number of nitrogens with zero attached hydrogens (tertiary/aromatic N) is 3. The number of aromatic nitrogens is 3. The van der Waals surface area contributed by atoms with Crippen molar-refractivity contribution in [3.05, 3.63) is 34.3 Å². The van der Waals surface area contributed by atoms with E-state index in [4.69, 9.17) is 0 Å². The van der Waals surface area contributed by atoms with Crippen molar-refractivity contribution in [1.29, 1.82) is 0 Å². The lowest BCUT2D eigenvalue weighted by Gasteiger charge is -2.07. The third-order valence-electron chi connectivity index (χ3n) is 2.96. The summed E-state index contributed by atoms with van der Waals surface area (Å²) in [6.45, 7) is 4.00. The Morgan fingerprint density at radius 3 is 2.84 bits per heavy atom. The van der Waals surface area contributed by atoms with Crippen LogP contribution in [0.25, 0.3) is 11.4 Å². The quantitative estimate of drug-likeness (QED) is 0.806. The van der Waals surface area contributed by atoms with E-state index >= 15 is 0 Å². The van der Waals surface area contributed by atoms with Crippen LogP contribution in [0.2, 0.25) is 0 Å². The number of pyridine rings is 1. The molecule has 0 fully saturated rings. The van der Waals surface area contributed by atoms with Crippen LogP contribution in [0.5, 0.6) is 0 Å². The van der Waals surface area contributed by atoms with Gasteiger partial charge in [0.2, 0.25) is 0 Å². The molecule has 0 aliphatic rings. The fourth-order valence-electron chi connectivity index (χ4n) is 1.68. The highest BCUT2D eigenvalue weighted by molar-refractivity contribution is 9.10. The molecule has 0 saturated carbocycles. The maximum Gasteiger partial charge on any atom is 0.153 e. The van der Waals surface area contributed by atoms with Crippen LogP contribution >= 0.6 is 15.9 Å². The van der Waals surface area contributed by atoms with E-state index in [1.165, 1.54) is 12.3 Å². The van der Waals surface area contributed by atoms with Crippen molar-refractivity contribution in [2.75, 3.05) is 0 Å². The Kier molecular flexibility index (Phi) is 4.09. The largest absolute Gasteiger partial charge is 0.298 e. The van der Waals surface area contributed by atoms with Gasteiger partial charge < -0.3 is 0 Å². The molecule has 0 amide bonds. The minimum absolute atomic E-state index is 0.0901. The van der Waals surface area contributed by atoms with Gasteiger partial charge in [-0.05, 0) is 35.3 Å². The second-order valence-corrected chi connectivity index (χ2v) is 5.19. The maximum absolute atomic E-state index is 13.9. The van der Waals surface area contributed by atoms with E-state index in [1.54, 1.807) is 10.9 Å². The molecule has 1 atom stereocenters. The Balaban J connectivity index is 2.54. The predicted molar refractivity (Wildman–Crippen MR) is 73.5 cm³/mol. The summed E-state index contributed by atoms with van der Waals surface area (Å²) < 4.78 is 16.1. The molecular weight excluding hydrogens is 313 g/mol. The summed E-state index contributed by atoms with van der Waals surface area (Å²) in [6.07, 6.45) is 4.65. The molecule has 0 spiro atoms. The second kappa shape index (κ2) is 5.61. The normalized spacial score (nSPS) is 12.4. The molecule has 6 heteroatoms. The van der Waals surface area contributed by atoms with Crippen LogP contribution in [0.4, 0.5) is 4.39 Å². The number of halogens is 2. The number of carbonyl (C=O) groups is 1. The lowest BCUT2D eigenvalue weighted by atomic mass is 10.2. The molecule has 0 aliphatic heterocycles. The average Bonchev–Trinajstić information content (AvgIpc) is 2.81. The number of rotatable bonds is 4. The van der Waals surface area contributed by atoms with Gasteiger partial charge in [-0.25, -0.2) is 4.39 Å². The van der Waals surface area contributed by atoms with Crippen molar-refractivity contribution in [1.82, 2.24) is 14.8 Å². The molecule has 2 heterocycles. The monoisotopic (exact) mass is 325 g/mol. The fourth-order valence-corrected chi connectivity index (χ4v) is 1.98. The van der Waals surface area contributed by atoms with Crippen LogP contribution in [0.3, 0.4) is 0 Å². The summed E-state index contributed by atoms with van der Waals surface area (Å²) in [5, 5.41) is 4.28. The Morgan fingerprint density at radius 2 is 2.26 bits per heavy atom. The van der Waals surface area contributed by atoms with Crippen molar-refractivity contribution in [3.63, 3.8) is 0 Å². The van der Waals surface area contributed by atoms with Gasteiger partial charge in [-0.1, -0.05) is 6.92 Å². The smallest absolute Gasteiger partial charge is 0.153 e. The molecule has 0 aromatic carbocycles. The van der Waals surface area contributed by atoms with Crippen LogP contribution < -0.4 is 0 Å². The standard InChI is InChI=1S/C13H13BrFN3O/c1-3-8(2)18-6-9(7-19)12(17-18)13-11(15)4-10(14)5-16-13/h4-8H,3H2,1-2H3. The Bertz CT molecular complexity index is 612. The van der Waals surface area contributed by atoms with Crippen LogP contribution in [-0.2, 0) is 0 Å². The van der Waals surface area contributed by atoms with Gasteiger partial charge in [0.15, 0.2) is 12.1 Å². The summed E-state index contributed by atoms with van der Waals surface area (Å²) >= 11 is 3.15. The zero-order chi connectivity index (χ0) is 14.0. The fraction of sp³-hybridized carbons (Fsp3) is 0.308. The summed E-state index contributed by atoms with van der Waals surface area (Å²) in [4.78, 5) is 15.1. The first kappa shape index (κ1) is 13.9. The topological polar surface area (TPSA) is 47.8 Å². The maximum atomic E-state index is 13.9. The van der Waals surface area contributed by atoms with Crippen LogP contribution in [-0.4, -0.2) is 21.1 Å². The molecule has 0 bridgehead atoms. The molecule has 1 unspecified atom stereocenters. The molecule has 2 rings (SSSR count). The van der Waals surface area contributed by atoms with Crippen molar-refractivity contribution >= 4 is 22.2 Å². The number of aldehydes is 1. The van der Waals surface area contributed by atoms with Crippen molar-refractivity contribution in [2.45, 2.75) is 26.3 Å². The summed E-state index contributed by atoms with van der Waals surface area (Å²) in [6, 6.07) is 1.45. The van der Waals surface area contributed by atoms with Crippen LogP contribution in [0, 0.1) is 5.82 Å². The van der Waals surface area contributed by atoms with Crippen LogP contribution in [0.1, 0.15) is 36.7 Å². The minimum atomic E-state index is -0.508. The Hall–Kier alpha value is -1.56. The molecule has 0 aliphatic carbocycles. The van der Waals surface area contributed by atoms with E-state index in [9.17, 15) is 9.18 Å². The van der Waals surface area contributed by atoms with E-state index in [1.807, 2.05) is 13.8 Å². The zero-order valence-electron chi connectivity index (χ0n) is 10.6. The van der Waals surface area contributed by atoms with E-state index in [-0.39, 0.29) is 17.4 Å². The second-order valence-electron chi connectivity index (χ2n) is 4.27. The molecule has 2 aromatic heterocycles. The summed E-state index contributed by atoms with van der Waals surface area (Å²) in [5.74, 6) is -0.508. The molecule has 19 heavy (non-hydrogen) atoms. The lowest BCUT2D eigenvalue weighted by Crippen LogP contribution is -2.04. The predicted octanol–water partition coefficient (Wildman–Crippen LogP) is 3.63. The van der Waals surface area contributed by atoms with E-state index in [2.05, 4.69) is 26.0 Å². The SMILES string of the molecule is CCC(C)n1cc(C=O)c(-c2ncc(Br)cc2F)n1. The summed E-state index contributed by atoms with van der Waals surface area (Å²) in [7, 11) is 0. The number of hydrogen-bond acceptors (Lipinski definition) is 3. The highest BCUT2D eigenvalue weighted by Crippen LogP contribution is 2.25. The Labute approximate surface area is 118 Å². The third-order valence-corrected chi connectivity index (χ3v) is 3.40. The number of hydrogen-bond donors (Lipinski definition) is 0. The molecule has 100 valence electrons. The van der Waals surface area contributed by atoms with E-state index in [0.717, 1.165) is 6.42 Å². The zero-order valence-corrected chi connectivity index (χ0v) is 12.2. The van der Waals surface area contributed by atoms with Crippen molar-refractivity contribution < 1.29 is 9.18 Å². The van der Waals surface area contributed by atoms with Gasteiger partial charge in [0, 0.05) is 22.9 Å². The molecular formula is C13H13BrFN3O. The highest BCUT2D eigenvalue weighted by Gasteiger charge is 2.17.